The zero-order valence-corrected chi connectivity index (χ0v) is 11.8. The van der Waals surface area contributed by atoms with E-state index < -0.39 is 0 Å². The summed E-state index contributed by atoms with van der Waals surface area (Å²) >= 11 is 1.52. The molecule has 0 amide bonds. The van der Waals surface area contributed by atoms with Crippen molar-refractivity contribution in [3.8, 4) is 5.88 Å². The summed E-state index contributed by atoms with van der Waals surface area (Å²) in [6.07, 6.45) is 3.00. The summed E-state index contributed by atoms with van der Waals surface area (Å²) in [5.41, 5.74) is 0. The molecule has 17 heavy (non-hydrogen) atoms. The van der Waals surface area contributed by atoms with Crippen LogP contribution < -0.4 is 10.1 Å². The third kappa shape index (κ3) is 5.26. The van der Waals surface area contributed by atoms with Crippen LogP contribution in [0.2, 0.25) is 0 Å². The minimum atomic E-state index is 0.644. The van der Waals surface area contributed by atoms with Gasteiger partial charge in [0.05, 0.1) is 6.61 Å². The molecule has 96 valence electrons. The number of anilines is 1. The molecule has 0 aliphatic carbocycles. The van der Waals surface area contributed by atoms with Crippen molar-refractivity contribution in [1.82, 2.24) is 9.97 Å². The summed E-state index contributed by atoms with van der Waals surface area (Å²) in [4.78, 5) is 8.67. The van der Waals surface area contributed by atoms with Crippen molar-refractivity contribution in [3.05, 3.63) is 6.07 Å². The zero-order valence-electron chi connectivity index (χ0n) is 11.0. The van der Waals surface area contributed by atoms with Crippen LogP contribution in [0.25, 0.3) is 0 Å². The Labute approximate surface area is 108 Å². The second-order valence-electron chi connectivity index (χ2n) is 4.14. The molecule has 1 rings (SSSR count). The zero-order chi connectivity index (χ0) is 12.7. The molecule has 4 nitrogen and oxygen atoms in total. The number of hydrogen-bond donors (Lipinski definition) is 1. The Kier molecular flexibility index (Phi) is 6.11. The number of aromatic nitrogens is 2. The number of hydrogen-bond acceptors (Lipinski definition) is 5. The van der Waals surface area contributed by atoms with Gasteiger partial charge in [-0.1, -0.05) is 25.6 Å². The summed E-state index contributed by atoms with van der Waals surface area (Å²) in [6, 6.07) is 1.85. The topological polar surface area (TPSA) is 47.0 Å². The Balaban J connectivity index is 2.66. The minimum Gasteiger partial charge on any atom is -0.477 e. The van der Waals surface area contributed by atoms with Gasteiger partial charge in [-0.3, -0.25) is 0 Å². The highest BCUT2D eigenvalue weighted by Crippen LogP contribution is 2.19. The SMILES string of the molecule is CCNc1cc(OCCC(C)C)nc(SC)n1. The first-order chi connectivity index (χ1) is 8.15. The molecule has 0 aromatic carbocycles. The van der Waals surface area contributed by atoms with Crippen molar-refractivity contribution >= 4 is 17.6 Å². The number of ether oxygens (including phenoxy) is 1. The smallest absolute Gasteiger partial charge is 0.219 e. The number of thioether (sulfide) groups is 1. The predicted octanol–water partition coefficient (Wildman–Crippen LogP) is 3.06. The molecule has 0 atom stereocenters. The molecular weight excluding hydrogens is 234 g/mol. The fraction of sp³-hybridized carbons (Fsp3) is 0.667. The van der Waals surface area contributed by atoms with E-state index in [-0.39, 0.29) is 0 Å². The molecule has 0 saturated heterocycles. The third-order valence-electron chi connectivity index (χ3n) is 2.17. The van der Waals surface area contributed by atoms with Crippen LogP contribution in [0.4, 0.5) is 5.82 Å². The Hall–Kier alpha value is -0.970. The Morgan fingerprint density at radius 3 is 2.76 bits per heavy atom. The second-order valence-corrected chi connectivity index (χ2v) is 4.91. The van der Waals surface area contributed by atoms with E-state index in [1.54, 1.807) is 0 Å². The van der Waals surface area contributed by atoms with Crippen molar-refractivity contribution < 1.29 is 4.74 Å². The first kappa shape index (κ1) is 14.1. The lowest BCUT2D eigenvalue weighted by Crippen LogP contribution is -2.06. The number of rotatable bonds is 7. The highest BCUT2D eigenvalue weighted by atomic mass is 32.2. The molecule has 0 radical (unpaired) electrons. The van der Waals surface area contributed by atoms with Gasteiger partial charge in [0.2, 0.25) is 5.88 Å². The van der Waals surface area contributed by atoms with Gasteiger partial charge < -0.3 is 10.1 Å². The van der Waals surface area contributed by atoms with Gasteiger partial charge in [-0.2, -0.15) is 4.98 Å². The maximum Gasteiger partial charge on any atom is 0.219 e. The van der Waals surface area contributed by atoms with E-state index in [0.29, 0.717) is 18.4 Å². The molecular formula is C12H21N3OS. The molecule has 0 saturated carbocycles. The van der Waals surface area contributed by atoms with E-state index in [0.717, 1.165) is 23.9 Å². The Morgan fingerprint density at radius 2 is 2.18 bits per heavy atom. The normalized spacial score (nSPS) is 10.6. The van der Waals surface area contributed by atoms with Crippen LogP contribution >= 0.6 is 11.8 Å². The molecule has 1 aromatic heterocycles. The van der Waals surface area contributed by atoms with E-state index in [1.807, 2.05) is 19.2 Å². The monoisotopic (exact) mass is 255 g/mol. The van der Waals surface area contributed by atoms with Crippen LogP contribution in [0.1, 0.15) is 27.2 Å². The lowest BCUT2D eigenvalue weighted by atomic mass is 10.1. The maximum absolute atomic E-state index is 5.64. The van der Waals surface area contributed by atoms with Crippen LogP contribution in [0.15, 0.2) is 11.2 Å². The van der Waals surface area contributed by atoms with Crippen LogP contribution in [-0.4, -0.2) is 29.4 Å². The molecule has 1 aromatic rings. The van der Waals surface area contributed by atoms with Gasteiger partial charge in [-0.05, 0) is 25.5 Å². The van der Waals surface area contributed by atoms with Gasteiger partial charge in [0.25, 0.3) is 0 Å². The summed E-state index contributed by atoms with van der Waals surface area (Å²) in [5.74, 6) is 2.12. The molecule has 0 fully saturated rings. The first-order valence-electron chi connectivity index (χ1n) is 5.95. The average Bonchev–Trinajstić information content (AvgIpc) is 2.28. The van der Waals surface area contributed by atoms with E-state index >= 15 is 0 Å². The molecule has 0 unspecified atom stereocenters. The quantitative estimate of drug-likeness (QED) is 0.599. The first-order valence-corrected chi connectivity index (χ1v) is 7.18. The van der Waals surface area contributed by atoms with Crippen molar-refractivity contribution in [3.63, 3.8) is 0 Å². The molecule has 0 aliphatic rings. The standard InChI is InChI=1S/C12H21N3OS/c1-5-13-10-8-11(15-12(14-10)17-4)16-7-6-9(2)3/h8-9H,5-7H2,1-4H3,(H,13,14,15). The van der Waals surface area contributed by atoms with Crippen LogP contribution in [0.5, 0.6) is 5.88 Å². The Bertz CT molecular complexity index is 345. The van der Waals surface area contributed by atoms with E-state index in [9.17, 15) is 0 Å². The summed E-state index contributed by atoms with van der Waals surface area (Å²) < 4.78 is 5.64. The predicted molar refractivity (Wildman–Crippen MR) is 72.9 cm³/mol. The van der Waals surface area contributed by atoms with Gasteiger partial charge in [0.1, 0.15) is 5.82 Å². The summed E-state index contributed by atoms with van der Waals surface area (Å²) in [5, 5.41) is 3.92. The Morgan fingerprint density at radius 1 is 1.41 bits per heavy atom. The fourth-order valence-electron chi connectivity index (χ4n) is 1.24. The van der Waals surface area contributed by atoms with Crippen molar-refractivity contribution in [2.45, 2.75) is 32.3 Å². The molecule has 1 N–H and O–H groups in total. The number of nitrogens with one attached hydrogen (secondary N) is 1. The largest absolute Gasteiger partial charge is 0.477 e. The highest BCUT2D eigenvalue weighted by Gasteiger charge is 2.04. The molecule has 0 bridgehead atoms. The molecule has 0 aliphatic heterocycles. The second kappa shape index (κ2) is 7.37. The van der Waals surface area contributed by atoms with Gasteiger partial charge in [-0.15, -0.1) is 0 Å². The van der Waals surface area contributed by atoms with Crippen LogP contribution in [0, 0.1) is 5.92 Å². The van der Waals surface area contributed by atoms with E-state index in [2.05, 4.69) is 29.1 Å². The van der Waals surface area contributed by atoms with Crippen LogP contribution in [-0.2, 0) is 0 Å². The summed E-state index contributed by atoms with van der Waals surface area (Å²) in [7, 11) is 0. The van der Waals surface area contributed by atoms with Gasteiger partial charge in [0, 0.05) is 12.6 Å². The maximum atomic E-state index is 5.64. The highest BCUT2D eigenvalue weighted by molar-refractivity contribution is 7.98. The van der Waals surface area contributed by atoms with E-state index in [4.69, 9.17) is 4.74 Å². The molecule has 5 heteroatoms. The lowest BCUT2D eigenvalue weighted by molar-refractivity contribution is 0.277. The number of nitrogens with zero attached hydrogens (tertiary/aromatic N) is 2. The van der Waals surface area contributed by atoms with Crippen molar-refractivity contribution in [2.24, 2.45) is 5.92 Å². The third-order valence-corrected chi connectivity index (χ3v) is 2.72. The molecule has 1 heterocycles. The van der Waals surface area contributed by atoms with Gasteiger partial charge in [0.15, 0.2) is 5.16 Å². The fourth-order valence-corrected chi connectivity index (χ4v) is 1.61. The van der Waals surface area contributed by atoms with Crippen molar-refractivity contribution in [1.29, 1.82) is 0 Å². The molecule has 0 spiro atoms. The van der Waals surface area contributed by atoms with E-state index in [1.165, 1.54) is 11.8 Å². The van der Waals surface area contributed by atoms with Crippen molar-refractivity contribution in [2.75, 3.05) is 24.7 Å². The lowest BCUT2D eigenvalue weighted by Gasteiger charge is -2.10. The van der Waals surface area contributed by atoms with Gasteiger partial charge in [-0.25, -0.2) is 4.98 Å². The average molecular weight is 255 g/mol. The minimum absolute atomic E-state index is 0.644. The van der Waals surface area contributed by atoms with Gasteiger partial charge >= 0.3 is 0 Å². The van der Waals surface area contributed by atoms with Crippen LogP contribution in [0.3, 0.4) is 0 Å². The summed E-state index contributed by atoms with van der Waals surface area (Å²) in [6.45, 7) is 7.95.